The number of benzene rings is 3. The van der Waals surface area contributed by atoms with Crippen molar-refractivity contribution in [2.45, 2.75) is 116 Å². The Labute approximate surface area is 305 Å². The van der Waals surface area contributed by atoms with Gasteiger partial charge in [-0.25, -0.2) is 0 Å². The second-order valence-corrected chi connectivity index (χ2v) is 12.7. The van der Waals surface area contributed by atoms with Gasteiger partial charge in [0.1, 0.15) is 23.5 Å². The van der Waals surface area contributed by atoms with Crippen molar-refractivity contribution in [3.63, 3.8) is 0 Å². The van der Waals surface area contributed by atoms with Crippen LogP contribution in [0.5, 0.6) is 17.2 Å². The van der Waals surface area contributed by atoms with Crippen LogP contribution in [0.2, 0.25) is 0 Å². The van der Waals surface area contributed by atoms with Gasteiger partial charge in [-0.1, -0.05) is 71.1 Å². The zero-order valence-corrected chi connectivity index (χ0v) is 30.2. The summed E-state index contributed by atoms with van der Waals surface area (Å²) < 4.78 is 144. The van der Waals surface area contributed by atoms with Crippen molar-refractivity contribution >= 4 is 13.0 Å². The molecule has 3 aromatic rings. The van der Waals surface area contributed by atoms with Gasteiger partial charge in [0, 0.05) is 13.2 Å². The van der Waals surface area contributed by atoms with E-state index in [0.717, 1.165) is 98.8 Å². The molecule has 0 aromatic heterocycles. The van der Waals surface area contributed by atoms with Gasteiger partial charge in [0.2, 0.25) is 0 Å². The highest BCUT2D eigenvalue weighted by Gasteiger charge is 2.37. The fourth-order valence-electron chi connectivity index (χ4n) is 5.64. The lowest BCUT2D eigenvalue weighted by Crippen LogP contribution is -2.40. The Bertz CT molecular complexity index is 1420. The summed E-state index contributed by atoms with van der Waals surface area (Å²) in [6.45, 7) is 6.14. The van der Waals surface area contributed by atoms with Crippen molar-refractivity contribution in [1.82, 2.24) is 0 Å². The van der Waals surface area contributed by atoms with Gasteiger partial charge in [0.25, 0.3) is 0 Å². The average Bonchev–Trinajstić information content (AvgIpc) is 3.08. The molecule has 0 N–H and O–H groups in total. The predicted octanol–water partition coefficient (Wildman–Crippen LogP) is 12.8. The van der Waals surface area contributed by atoms with E-state index in [9.17, 15) is 39.5 Å². The number of anilines is 1. The molecule has 0 fully saturated rings. The second kappa shape index (κ2) is 20.6. The smallest absolute Gasteiger partial charge is 0.490 e. The highest BCUT2D eigenvalue weighted by atomic mass is 19.4. The summed E-state index contributed by atoms with van der Waals surface area (Å²) in [6, 6.07) is 9.66. The Morgan fingerprint density at radius 2 is 0.962 bits per heavy atom. The monoisotopic (exact) mass is 763 g/mol. The van der Waals surface area contributed by atoms with E-state index in [-0.39, 0.29) is 29.5 Å². The first kappa shape index (κ1) is 43.7. The van der Waals surface area contributed by atoms with Crippen molar-refractivity contribution in [1.29, 1.82) is 0 Å². The summed E-state index contributed by atoms with van der Waals surface area (Å²) in [4.78, 5) is 1.62. The molecule has 1 atom stereocenters. The summed E-state index contributed by atoms with van der Waals surface area (Å²) in [5, 5.41) is 0. The van der Waals surface area contributed by atoms with Gasteiger partial charge in [-0.3, -0.25) is 0 Å². The first-order chi connectivity index (χ1) is 25.0. The Balaban J connectivity index is 1.89. The van der Waals surface area contributed by atoms with Gasteiger partial charge < -0.3 is 23.6 Å². The quantitative estimate of drug-likeness (QED) is 0.0441. The normalized spacial score (nSPS) is 12.8. The third-order valence-corrected chi connectivity index (χ3v) is 8.50. The molecule has 5 nitrogen and oxygen atoms in total. The minimum Gasteiger partial charge on any atom is -0.490 e. The Morgan fingerprint density at radius 1 is 0.547 bits per heavy atom. The largest absolute Gasteiger partial charge is 0.864 e. The van der Waals surface area contributed by atoms with Crippen LogP contribution in [-0.4, -0.2) is 26.7 Å². The van der Waals surface area contributed by atoms with Crippen LogP contribution in [0, 0.1) is 0 Å². The number of hydrogen-bond donors (Lipinski definition) is 0. The molecule has 294 valence electrons. The number of nitrogens with zero attached hydrogens (tertiary/aromatic N) is 1. The van der Waals surface area contributed by atoms with E-state index in [4.69, 9.17) is 18.7 Å². The third kappa shape index (κ3) is 14.9. The molecule has 3 aromatic carbocycles. The summed E-state index contributed by atoms with van der Waals surface area (Å²) in [5.74, 6) is -0.510. The third-order valence-electron chi connectivity index (χ3n) is 8.50. The highest BCUT2D eigenvalue weighted by molar-refractivity contribution is 6.39. The molecule has 3 rings (SSSR count). The summed E-state index contributed by atoms with van der Waals surface area (Å²) in [6.07, 6.45) is -2.92. The van der Waals surface area contributed by atoms with E-state index in [1.54, 1.807) is 18.7 Å². The fraction of sp³-hybridized carbons (Fsp3) is 0.526. The van der Waals surface area contributed by atoms with Crippen molar-refractivity contribution in [3.8, 4) is 17.2 Å². The number of ether oxygens (including phenoxy) is 1. The molecular weight excluding hydrogens is 716 g/mol. The standard InChI is InChI=1S/C38H47BF9NO4/c1-4-6-7-8-9-10-11-12-13-14-15-26-49(28(3)50-5-2)34-27-31(38(46,47)48)20-25-35(34)53-39(51-32-21-16-29(17-22-32)36(40,41)42)52-33-23-18-30(19-24-33)37(43,44)45/h16-25,27-28H,4-15,26H2,1-3H3. The molecule has 0 bridgehead atoms. The number of unbranched alkanes of at least 4 members (excludes halogenated alkanes) is 10. The van der Waals surface area contributed by atoms with Crippen LogP contribution in [0.3, 0.4) is 0 Å². The van der Waals surface area contributed by atoms with Crippen LogP contribution in [0.1, 0.15) is 108 Å². The molecule has 0 aliphatic carbocycles. The zero-order chi connectivity index (χ0) is 39.1. The molecule has 0 saturated carbocycles. The van der Waals surface area contributed by atoms with Crippen LogP contribution in [0.15, 0.2) is 66.7 Å². The molecule has 0 amide bonds. The van der Waals surface area contributed by atoms with Gasteiger partial charge in [-0.2, -0.15) is 39.5 Å². The van der Waals surface area contributed by atoms with E-state index >= 15 is 0 Å². The second-order valence-electron chi connectivity index (χ2n) is 12.7. The molecule has 0 heterocycles. The molecule has 15 heteroatoms. The number of halogens is 9. The topological polar surface area (TPSA) is 40.2 Å². The Kier molecular flexibility index (Phi) is 17.0. The molecule has 0 radical (unpaired) electrons. The van der Waals surface area contributed by atoms with Gasteiger partial charge in [0.05, 0.1) is 22.4 Å². The van der Waals surface area contributed by atoms with Gasteiger partial charge >= 0.3 is 25.9 Å². The average molecular weight is 764 g/mol. The molecular formula is C38H47BF9NO4. The number of hydrogen-bond acceptors (Lipinski definition) is 5. The zero-order valence-electron chi connectivity index (χ0n) is 30.2. The number of rotatable bonds is 22. The Morgan fingerprint density at radius 3 is 1.38 bits per heavy atom. The van der Waals surface area contributed by atoms with Crippen LogP contribution >= 0.6 is 0 Å². The maximum atomic E-state index is 14.0. The minimum atomic E-state index is -4.72. The lowest BCUT2D eigenvalue weighted by molar-refractivity contribution is -0.138. The molecule has 1 unspecified atom stereocenters. The summed E-state index contributed by atoms with van der Waals surface area (Å²) >= 11 is 0. The van der Waals surface area contributed by atoms with Crippen molar-refractivity contribution in [3.05, 3.63) is 83.4 Å². The van der Waals surface area contributed by atoms with E-state index in [1.807, 2.05) is 0 Å². The summed E-state index contributed by atoms with van der Waals surface area (Å²) in [5.41, 5.74) is -2.95. The van der Waals surface area contributed by atoms with E-state index in [1.165, 1.54) is 32.1 Å². The number of alkyl halides is 9. The van der Waals surface area contributed by atoms with Crippen molar-refractivity contribution in [2.24, 2.45) is 0 Å². The van der Waals surface area contributed by atoms with E-state index in [0.29, 0.717) is 13.0 Å². The van der Waals surface area contributed by atoms with Crippen molar-refractivity contribution in [2.75, 3.05) is 18.1 Å². The van der Waals surface area contributed by atoms with Gasteiger partial charge in [-0.15, -0.1) is 0 Å². The van der Waals surface area contributed by atoms with Gasteiger partial charge in [0.15, 0.2) is 0 Å². The Hall–Kier alpha value is -3.75. The fourth-order valence-corrected chi connectivity index (χ4v) is 5.64. The molecule has 53 heavy (non-hydrogen) atoms. The van der Waals surface area contributed by atoms with E-state index < -0.39 is 48.8 Å². The van der Waals surface area contributed by atoms with Crippen molar-refractivity contribution < 1.29 is 58.2 Å². The predicted molar refractivity (Wildman–Crippen MR) is 187 cm³/mol. The van der Waals surface area contributed by atoms with E-state index in [2.05, 4.69) is 6.92 Å². The van der Waals surface area contributed by atoms with Crippen LogP contribution in [0.25, 0.3) is 0 Å². The molecule has 0 saturated heterocycles. The molecule has 0 spiro atoms. The van der Waals surface area contributed by atoms with Crippen LogP contribution in [-0.2, 0) is 23.3 Å². The maximum Gasteiger partial charge on any atom is 0.864 e. The van der Waals surface area contributed by atoms with Crippen LogP contribution in [0.4, 0.5) is 45.2 Å². The maximum absolute atomic E-state index is 14.0. The SMILES string of the molecule is CCCCCCCCCCCCCN(c1cc(C(F)(F)F)ccc1OB(Oc1ccc(C(F)(F)F)cc1)Oc1ccc(C(F)(F)F)cc1)C(C)OCC. The van der Waals surface area contributed by atoms with Crippen LogP contribution < -0.4 is 18.9 Å². The molecule has 0 aliphatic heterocycles. The minimum absolute atomic E-state index is 0.0232. The first-order valence-electron chi connectivity index (χ1n) is 18.0. The lowest BCUT2D eigenvalue weighted by Gasteiger charge is -2.33. The first-order valence-corrected chi connectivity index (χ1v) is 18.0. The molecule has 0 aliphatic rings. The summed E-state index contributed by atoms with van der Waals surface area (Å²) in [7, 11) is -1.87. The highest BCUT2D eigenvalue weighted by Crippen LogP contribution is 2.39. The van der Waals surface area contributed by atoms with Gasteiger partial charge in [-0.05, 0) is 87.0 Å². The lowest BCUT2D eigenvalue weighted by atomic mass is 10.1.